The number of hydrogen-bond donors (Lipinski definition) is 1. The van der Waals surface area contributed by atoms with Gasteiger partial charge >= 0.3 is 5.97 Å². The number of carboxylic acids is 1. The fraction of sp³-hybridized carbons (Fsp3) is 0.471. The van der Waals surface area contributed by atoms with Gasteiger partial charge in [0.05, 0.1) is 5.56 Å². The number of nitrogens with zero attached hydrogens (tertiary/aromatic N) is 2. The fourth-order valence-electron chi connectivity index (χ4n) is 3.29. The van der Waals surface area contributed by atoms with Crippen LogP contribution in [0.4, 0.5) is 0 Å². The number of likely N-dealkylation sites (N-methyl/N-ethyl adjacent to an activating group) is 1. The SMILES string of the molecule is CCCCn1c2c(c3cc(C(=O)O)ccc31)CN(C)CC2.Cl. The number of aromatic nitrogens is 1. The Morgan fingerprint density at radius 1 is 1.36 bits per heavy atom. The third-order valence-electron chi connectivity index (χ3n) is 4.43. The smallest absolute Gasteiger partial charge is 0.335 e. The lowest BCUT2D eigenvalue weighted by molar-refractivity contribution is 0.0697. The maximum absolute atomic E-state index is 11.2. The van der Waals surface area contributed by atoms with Gasteiger partial charge in [0.15, 0.2) is 0 Å². The zero-order valence-electron chi connectivity index (χ0n) is 13.1. The summed E-state index contributed by atoms with van der Waals surface area (Å²) in [5.74, 6) is -0.851. The molecule has 3 rings (SSSR count). The van der Waals surface area contributed by atoms with Crippen LogP contribution in [0.2, 0.25) is 0 Å². The lowest BCUT2D eigenvalue weighted by atomic mass is 10.0. The zero-order chi connectivity index (χ0) is 15.0. The molecule has 1 aliphatic heterocycles. The number of halogens is 1. The van der Waals surface area contributed by atoms with Crippen LogP contribution in [0.5, 0.6) is 0 Å². The van der Waals surface area contributed by atoms with E-state index in [1.165, 1.54) is 23.2 Å². The minimum atomic E-state index is -0.851. The molecule has 120 valence electrons. The molecule has 0 atom stereocenters. The summed E-state index contributed by atoms with van der Waals surface area (Å²) in [6, 6.07) is 5.55. The molecule has 1 aliphatic rings. The molecular formula is C17H23ClN2O2. The van der Waals surface area contributed by atoms with E-state index < -0.39 is 5.97 Å². The van der Waals surface area contributed by atoms with Gasteiger partial charge in [0.25, 0.3) is 0 Å². The Kier molecular flexibility index (Phi) is 5.14. The van der Waals surface area contributed by atoms with E-state index >= 15 is 0 Å². The highest BCUT2D eigenvalue weighted by molar-refractivity contribution is 5.95. The van der Waals surface area contributed by atoms with Gasteiger partial charge in [-0.2, -0.15) is 0 Å². The molecule has 2 aromatic rings. The van der Waals surface area contributed by atoms with E-state index in [2.05, 4.69) is 23.4 Å². The van der Waals surface area contributed by atoms with E-state index in [0.29, 0.717) is 5.56 Å². The van der Waals surface area contributed by atoms with Crippen LogP contribution in [0.15, 0.2) is 18.2 Å². The van der Waals surface area contributed by atoms with Crippen LogP contribution < -0.4 is 0 Å². The third-order valence-corrected chi connectivity index (χ3v) is 4.43. The lowest BCUT2D eigenvalue weighted by Gasteiger charge is -2.24. The molecule has 22 heavy (non-hydrogen) atoms. The number of aromatic carboxylic acids is 1. The molecule has 0 spiro atoms. The molecule has 0 unspecified atom stereocenters. The summed E-state index contributed by atoms with van der Waals surface area (Å²) in [4.78, 5) is 13.5. The molecule has 1 N–H and O–H groups in total. The molecule has 0 saturated heterocycles. The normalized spacial score (nSPS) is 14.6. The fourth-order valence-corrected chi connectivity index (χ4v) is 3.29. The summed E-state index contributed by atoms with van der Waals surface area (Å²) in [5, 5.41) is 10.3. The zero-order valence-corrected chi connectivity index (χ0v) is 13.9. The van der Waals surface area contributed by atoms with Crippen LogP contribution in [-0.2, 0) is 19.5 Å². The van der Waals surface area contributed by atoms with E-state index in [0.717, 1.165) is 37.9 Å². The molecule has 2 heterocycles. The molecular weight excluding hydrogens is 300 g/mol. The van der Waals surface area contributed by atoms with Gasteiger partial charge in [0.2, 0.25) is 0 Å². The molecule has 0 amide bonds. The van der Waals surface area contributed by atoms with Crippen LogP contribution in [-0.4, -0.2) is 34.1 Å². The molecule has 0 bridgehead atoms. The van der Waals surface area contributed by atoms with E-state index in [-0.39, 0.29) is 12.4 Å². The summed E-state index contributed by atoms with van der Waals surface area (Å²) in [6.45, 7) is 5.21. The molecule has 0 aliphatic carbocycles. The molecule has 0 radical (unpaired) electrons. The van der Waals surface area contributed by atoms with E-state index in [4.69, 9.17) is 0 Å². The Balaban J connectivity index is 0.00000176. The van der Waals surface area contributed by atoms with Crippen molar-refractivity contribution in [2.75, 3.05) is 13.6 Å². The maximum atomic E-state index is 11.2. The number of rotatable bonds is 4. The Bertz CT molecular complexity index is 694. The number of benzene rings is 1. The van der Waals surface area contributed by atoms with Crippen molar-refractivity contribution in [2.45, 2.75) is 39.3 Å². The van der Waals surface area contributed by atoms with Crippen LogP contribution in [0, 0.1) is 0 Å². The van der Waals surface area contributed by atoms with Crippen molar-refractivity contribution >= 4 is 29.3 Å². The second-order valence-corrected chi connectivity index (χ2v) is 5.96. The first kappa shape index (κ1) is 16.8. The van der Waals surface area contributed by atoms with Crippen molar-refractivity contribution in [1.29, 1.82) is 0 Å². The topological polar surface area (TPSA) is 45.5 Å². The quantitative estimate of drug-likeness (QED) is 0.936. The van der Waals surface area contributed by atoms with Crippen LogP contribution in [0.3, 0.4) is 0 Å². The molecule has 1 aromatic heterocycles. The van der Waals surface area contributed by atoms with Gasteiger partial charge in [-0.25, -0.2) is 4.79 Å². The lowest BCUT2D eigenvalue weighted by Crippen LogP contribution is -2.27. The Morgan fingerprint density at radius 2 is 2.14 bits per heavy atom. The molecule has 0 saturated carbocycles. The van der Waals surface area contributed by atoms with Crippen molar-refractivity contribution in [2.24, 2.45) is 0 Å². The second-order valence-electron chi connectivity index (χ2n) is 5.96. The first-order valence-corrected chi connectivity index (χ1v) is 7.67. The minimum absolute atomic E-state index is 0. The molecule has 4 nitrogen and oxygen atoms in total. The van der Waals surface area contributed by atoms with Crippen molar-refractivity contribution < 1.29 is 9.90 Å². The average molecular weight is 323 g/mol. The van der Waals surface area contributed by atoms with Gasteiger partial charge in [0.1, 0.15) is 0 Å². The Morgan fingerprint density at radius 3 is 2.82 bits per heavy atom. The van der Waals surface area contributed by atoms with Gasteiger partial charge in [-0.05, 0) is 37.2 Å². The Hall–Kier alpha value is -1.52. The summed E-state index contributed by atoms with van der Waals surface area (Å²) in [6.07, 6.45) is 3.38. The number of carbonyl (C=O) groups is 1. The highest BCUT2D eigenvalue weighted by Crippen LogP contribution is 2.31. The molecule has 1 aromatic carbocycles. The molecule has 0 fully saturated rings. The van der Waals surface area contributed by atoms with E-state index in [1.807, 2.05) is 12.1 Å². The number of aryl methyl sites for hydroxylation is 1. The largest absolute Gasteiger partial charge is 0.478 e. The predicted molar refractivity (Wildman–Crippen MR) is 91.1 cm³/mol. The van der Waals surface area contributed by atoms with Crippen LogP contribution in [0.1, 0.15) is 41.4 Å². The van der Waals surface area contributed by atoms with Gasteiger partial charge in [-0.15, -0.1) is 12.4 Å². The first-order chi connectivity index (χ1) is 10.1. The summed E-state index contributed by atoms with van der Waals surface area (Å²) >= 11 is 0. The second kappa shape index (κ2) is 6.71. The van der Waals surface area contributed by atoms with E-state index in [1.54, 1.807) is 6.07 Å². The van der Waals surface area contributed by atoms with Crippen molar-refractivity contribution in [1.82, 2.24) is 9.47 Å². The minimum Gasteiger partial charge on any atom is -0.478 e. The van der Waals surface area contributed by atoms with Gasteiger partial charge in [-0.1, -0.05) is 13.3 Å². The first-order valence-electron chi connectivity index (χ1n) is 7.67. The van der Waals surface area contributed by atoms with Crippen LogP contribution in [0.25, 0.3) is 10.9 Å². The van der Waals surface area contributed by atoms with Crippen molar-refractivity contribution in [3.05, 3.63) is 35.0 Å². The standard InChI is InChI=1S/C17H22N2O2.ClH/c1-3-4-8-19-15-6-5-12(17(20)21)10-13(15)14-11-18(2)9-7-16(14)19;/h5-6,10H,3-4,7-9,11H2,1-2H3,(H,20,21);1H. The molecule has 5 heteroatoms. The average Bonchev–Trinajstić information content (AvgIpc) is 2.77. The maximum Gasteiger partial charge on any atom is 0.335 e. The van der Waals surface area contributed by atoms with Gasteiger partial charge in [0, 0.05) is 42.7 Å². The number of fused-ring (bicyclic) bond motifs is 3. The summed E-state index contributed by atoms with van der Waals surface area (Å²) in [7, 11) is 2.12. The Labute approximate surface area is 137 Å². The monoisotopic (exact) mass is 322 g/mol. The highest BCUT2D eigenvalue weighted by atomic mass is 35.5. The highest BCUT2D eigenvalue weighted by Gasteiger charge is 2.22. The van der Waals surface area contributed by atoms with Gasteiger partial charge < -0.3 is 14.6 Å². The van der Waals surface area contributed by atoms with Crippen LogP contribution >= 0.6 is 12.4 Å². The third kappa shape index (κ3) is 2.85. The van der Waals surface area contributed by atoms with Gasteiger partial charge in [-0.3, -0.25) is 0 Å². The van der Waals surface area contributed by atoms with E-state index in [9.17, 15) is 9.90 Å². The summed E-state index contributed by atoms with van der Waals surface area (Å²) < 4.78 is 2.41. The van der Waals surface area contributed by atoms with Crippen molar-refractivity contribution in [3.8, 4) is 0 Å². The number of unbranched alkanes of at least 4 members (excludes halogenated alkanes) is 1. The predicted octanol–water partition coefficient (Wildman–Crippen LogP) is 3.55. The number of hydrogen-bond acceptors (Lipinski definition) is 2. The number of carboxylic acid groups (broad SMARTS) is 1. The summed E-state index contributed by atoms with van der Waals surface area (Å²) in [5.41, 5.74) is 4.29. The van der Waals surface area contributed by atoms with Crippen molar-refractivity contribution in [3.63, 3.8) is 0 Å².